The van der Waals surface area contributed by atoms with Gasteiger partial charge in [0.2, 0.25) is 0 Å². The fraction of sp³-hybridized carbons (Fsp3) is 0.686. The first-order valence-corrected chi connectivity index (χ1v) is 28.4. The van der Waals surface area contributed by atoms with Crippen LogP contribution in [-0.2, 0) is 41.8 Å². The van der Waals surface area contributed by atoms with E-state index in [1.165, 1.54) is 38.5 Å². The van der Waals surface area contributed by atoms with Crippen LogP contribution in [0.3, 0.4) is 0 Å². The molecule has 0 aromatic rings. The first kappa shape index (κ1) is 66.1. The molecule has 0 aromatic carbocycles. The fourth-order valence-corrected chi connectivity index (χ4v) is 8.70. The second-order valence-electron chi connectivity index (χ2n) is 17.6. The van der Waals surface area contributed by atoms with Crippen LogP contribution in [-0.4, -0.2) is 125 Å². The average molecular weight is 1050 g/mol. The van der Waals surface area contributed by atoms with Crippen LogP contribution in [0.4, 0.5) is 0 Å². The van der Waals surface area contributed by atoms with E-state index in [9.17, 15) is 64.0 Å². The highest BCUT2D eigenvalue weighted by atomic mass is 31.2. The van der Waals surface area contributed by atoms with Gasteiger partial charge < -0.3 is 54.8 Å². The van der Waals surface area contributed by atoms with Gasteiger partial charge in [-0.15, -0.1) is 0 Å². The van der Waals surface area contributed by atoms with Crippen molar-refractivity contribution in [2.75, 3.05) is 13.2 Å². The molecule has 0 saturated heterocycles. The zero-order chi connectivity index (χ0) is 52.8. The molecule has 5 unspecified atom stereocenters. The van der Waals surface area contributed by atoms with Crippen molar-refractivity contribution < 1.29 is 87.1 Å². The zero-order valence-corrected chi connectivity index (χ0v) is 43.6. The Kier molecular flexibility index (Phi) is 37.7. The van der Waals surface area contributed by atoms with E-state index in [1.807, 2.05) is 31.2 Å². The highest BCUT2D eigenvalue weighted by Crippen LogP contribution is 2.49. The topological polar surface area (TPSA) is 296 Å². The van der Waals surface area contributed by atoms with E-state index in [2.05, 4.69) is 23.6 Å². The maximum absolute atomic E-state index is 13.0. The van der Waals surface area contributed by atoms with Crippen molar-refractivity contribution in [1.29, 1.82) is 0 Å². The number of ether oxygens (including phenoxy) is 2. The molecule has 1 aliphatic carbocycles. The summed E-state index contributed by atoms with van der Waals surface area (Å²) in [7, 11) is -10.8. The molecular weight excluding hydrogens is 962 g/mol. The largest absolute Gasteiger partial charge is 0.472 e. The lowest BCUT2D eigenvalue weighted by molar-refractivity contribution is -0.216. The number of allylic oxidation sites excluding steroid dienone is 10. The third kappa shape index (κ3) is 35.0. The molecule has 408 valence electrons. The van der Waals surface area contributed by atoms with E-state index < -0.39 is 95.7 Å². The molecule has 9 N–H and O–H groups in total. The smallest absolute Gasteiger partial charge is 0.462 e. The quantitative estimate of drug-likeness (QED) is 0.00918. The Bertz CT molecular complexity index is 1720. The van der Waals surface area contributed by atoms with E-state index in [-0.39, 0.29) is 19.3 Å². The average Bonchev–Trinajstić information content (AvgIpc) is 3.32. The molecule has 1 saturated carbocycles. The minimum Gasteiger partial charge on any atom is -0.462 e. The van der Waals surface area contributed by atoms with Gasteiger partial charge in [0, 0.05) is 12.8 Å². The van der Waals surface area contributed by atoms with Crippen molar-refractivity contribution in [3.05, 3.63) is 85.1 Å². The van der Waals surface area contributed by atoms with Gasteiger partial charge in [0.25, 0.3) is 0 Å². The molecule has 10 atom stereocenters. The van der Waals surface area contributed by atoms with Gasteiger partial charge >= 0.3 is 27.6 Å². The number of esters is 2. The van der Waals surface area contributed by atoms with Crippen LogP contribution in [0.15, 0.2) is 85.1 Å². The minimum atomic E-state index is -5.39. The van der Waals surface area contributed by atoms with Crippen LogP contribution in [0.2, 0.25) is 0 Å². The molecule has 0 bridgehead atoms. The Hall–Kier alpha value is -2.90. The number of carbonyl (C=O) groups excluding carboxylic acids is 2. The van der Waals surface area contributed by atoms with E-state index in [1.54, 1.807) is 48.6 Å². The van der Waals surface area contributed by atoms with Gasteiger partial charge in [-0.25, -0.2) is 9.13 Å². The number of carbonyl (C=O) groups is 2. The Morgan fingerprint density at radius 3 is 1.61 bits per heavy atom. The number of unbranched alkanes of at least 4 members (excludes halogenated alkanes) is 13. The van der Waals surface area contributed by atoms with Crippen molar-refractivity contribution in [2.45, 2.75) is 210 Å². The summed E-state index contributed by atoms with van der Waals surface area (Å²) in [5.74, 6) is -1.38. The molecule has 0 aromatic heterocycles. The van der Waals surface area contributed by atoms with Crippen molar-refractivity contribution in [3.8, 4) is 0 Å². The lowest BCUT2D eigenvalue weighted by Gasteiger charge is -2.43. The summed E-state index contributed by atoms with van der Waals surface area (Å²) in [6.07, 6.45) is 28.8. The standard InChI is InChI=1S/C51H86O18P2/c1-3-5-7-8-9-10-11-12-13-14-15-16-17-18-19-23-31-37-44(54)65-39-43(40-66-71(63,64)69-51-48(58)46(56)47(57)50(49(51)59)68-70(60,61)62)67-45(55)38-32-24-21-20-22-28-34-42(53)36-30-26-25-29-35-41(52)33-27-6-4-2/h6,12-13,21-22,24-30,35-36,41-43,46-53,56-59H,3-5,7-11,14-20,23,31-34,37-40H2,1-2H3,(H,63,64)(H2,60,61,62)/b13-12-,24-21-,26-25-,27-6-,28-22-,35-29+,36-30+/t41-,42+,43+,46?,47?,48?,49?,50+,51-/m0/s1. The number of aliphatic hydroxyl groups excluding tert-OH is 6. The van der Waals surface area contributed by atoms with Crippen LogP contribution in [0.1, 0.15) is 155 Å². The lowest BCUT2D eigenvalue weighted by atomic mass is 9.85. The van der Waals surface area contributed by atoms with E-state index in [0.717, 1.165) is 57.8 Å². The predicted molar refractivity (Wildman–Crippen MR) is 271 cm³/mol. The van der Waals surface area contributed by atoms with E-state index >= 15 is 0 Å². The number of rotatable bonds is 41. The summed E-state index contributed by atoms with van der Waals surface area (Å²) in [6, 6.07) is 0. The van der Waals surface area contributed by atoms with Crippen LogP contribution in [0, 0.1) is 0 Å². The van der Waals surface area contributed by atoms with Crippen molar-refractivity contribution in [1.82, 2.24) is 0 Å². The zero-order valence-electron chi connectivity index (χ0n) is 41.8. The van der Waals surface area contributed by atoms with Crippen molar-refractivity contribution in [3.63, 3.8) is 0 Å². The van der Waals surface area contributed by atoms with E-state index in [4.69, 9.17) is 18.5 Å². The van der Waals surface area contributed by atoms with Gasteiger partial charge in [0.05, 0.1) is 18.8 Å². The molecular formula is C51H86O18P2. The summed E-state index contributed by atoms with van der Waals surface area (Å²) in [4.78, 5) is 54.4. The van der Waals surface area contributed by atoms with Gasteiger partial charge in [0.15, 0.2) is 6.10 Å². The van der Waals surface area contributed by atoms with Crippen LogP contribution in [0.25, 0.3) is 0 Å². The molecule has 0 aliphatic heterocycles. The number of phosphoric ester groups is 2. The maximum Gasteiger partial charge on any atom is 0.472 e. The summed E-state index contributed by atoms with van der Waals surface area (Å²) in [6.45, 7) is 2.77. The molecule has 0 radical (unpaired) electrons. The van der Waals surface area contributed by atoms with Gasteiger partial charge in [0.1, 0.15) is 43.2 Å². The summed E-state index contributed by atoms with van der Waals surface area (Å²) in [5, 5.41) is 61.3. The second kappa shape index (κ2) is 40.5. The van der Waals surface area contributed by atoms with Crippen LogP contribution < -0.4 is 0 Å². The first-order chi connectivity index (χ1) is 33.9. The number of phosphoric acid groups is 2. The minimum absolute atomic E-state index is 0.0737. The molecule has 1 aliphatic rings. The summed E-state index contributed by atoms with van der Waals surface area (Å²) >= 11 is 0. The molecule has 1 rings (SSSR count). The number of aliphatic hydroxyl groups is 6. The number of hydrogen-bond donors (Lipinski definition) is 9. The molecule has 18 nitrogen and oxygen atoms in total. The van der Waals surface area contributed by atoms with E-state index in [0.29, 0.717) is 25.7 Å². The van der Waals surface area contributed by atoms with Gasteiger partial charge in [-0.3, -0.25) is 23.2 Å². The highest BCUT2D eigenvalue weighted by Gasteiger charge is 2.54. The maximum atomic E-state index is 13.0. The summed E-state index contributed by atoms with van der Waals surface area (Å²) < 4.78 is 49.3. The van der Waals surface area contributed by atoms with Crippen molar-refractivity contribution >= 4 is 27.6 Å². The van der Waals surface area contributed by atoms with Crippen LogP contribution in [0.5, 0.6) is 0 Å². The first-order valence-electron chi connectivity index (χ1n) is 25.3. The number of hydrogen-bond acceptors (Lipinski definition) is 15. The second-order valence-corrected chi connectivity index (χ2v) is 20.1. The van der Waals surface area contributed by atoms with Crippen LogP contribution >= 0.6 is 15.6 Å². The summed E-state index contributed by atoms with van der Waals surface area (Å²) in [5.41, 5.74) is 0. The molecule has 20 heteroatoms. The Balaban J connectivity index is 2.67. The van der Waals surface area contributed by atoms with Gasteiger partial charge in [-0.2, -0.15) is 0 Å². The Morgan fingerprint density at radius 2 is 1.04 bits per heavy atom. The van der Waals surface area contributed by atoms with Crippen molar-refractivity contribution in [2.24, 2.45) is 0 Å². The predicted octanol–water partition coefficient (Wildman–Crippen LogP) is 8.12. The van der Waals surface area contributed by atoms with Gasteiger partial charge in [-0.1, -0.05) is 163 Å². The third-order valence-corrected chi connectivity index (χ3v) is 12.6. The third-order valence-electron chi connectivity index (χ3n) is 11.1. The molecule has 1 fully saturated rings. The fourth-order valence-electron chi connectivity index (χ4n) is 7.16. The van der Waals surface area contributed by atoms with Gasteiger partial charge in [-0.05, 0) is 64.2 Å². The normalized spacial score (nSPS) is 22.5. The lowest BCUT2D eigenvalue weighted by Crippen LogP contribution is -2.64. The highest BCUT2D eigenvalue weighted by molar-refractivity contribution is 7.47. The monoisotopic (exact) mass is 1050 g/mol. The Morgan fingerprint density at radius 1 is 0.535 bits per heavy atom. The molecule has 71 heavy (non-hydrogen) atoms. The molecule has 0 spiro atoms. The molecule has 0 heterocycles. The Labute approximate surface area is 421 Å². The SMILES string of the molecule is CC/C=C\C[C@H](O)/C=C/C=C\C=C\[C@H](O)C/C=C\C/C=C\CCC(=O)O[C@H](COC(=O)CCCCCCCCC/C=C\CCCCCCCC)COP(=O)(O)O[C@H]1C(O)C(O)C(O)[C@@H](OP(=O)(O)O)C1O. The molecule has 0 amide bonds.